The zero-order valence-electron chi connectivity index (χ0n) is 27.8. The maximum Gasteiger partial charge on any atom is 0.0227 e. The number of hydrogen-bond donors (Lipinski definition) is 6. The van der Waals surface area contributed by atoms with Crippen LogP contribution in [-0.4, -0.2) is 74.5 Å². The van der Waals surface area contributed by atoms with Crippen molar-refractivity contribution in [2.24, 2.45) is 29.6 Å². The van der Waals surface area contributed by atoms with E-state index < -0.39 is 0 Å². The Labute approximate surface area is 264 Å². The molecule has 7 aliphatic rings. The van der Waals surface area contributed by atoms with Gasteiger partial charge in [0.25, 0.3) is 0 Å². The molecule has 6 aliphatic heterocycles. The lowest BCUT2D eigenvalue weighted by Gasteiger charge is -2.51. The Hall–Kier alpha value is -0.240. The molecule has 6 saturated heterocycles. The molecule has 0 radical (unpaired) electrons. The van der Waals surface area contributed by atoms with Crippen molar-refractivity contribution in [1.82, 2.24) is 31.9 Å². The van der Waals surface area contributed by atoms with Crippen molar-refractivity contribution in [3.8, 4) is 0 Å². The molecule has 1 saturated carbocycles. The van der Waals surface area contributed by atoms with Gasteiger partial charge in [0.05, 0.1) is 0 Å². The minimum atomic E-state index is 0.672. The van der Waals surface area contributed by atoms with Gasteiger partial charge in [-0.2, -0.15) is 0 Å². The van der Waals surface area contributed by atoms with Crippen LogP contribution in [0, 0.1) is 29.6 Å². The Morgan fingerprint density at radius 3 is 0.907 bits per heavy atom. The smallest absolute Gasteiger partial charge is 0.0227 e. The fourth-order valence-corrected chi connectivity index (χ4v) is 11.6. The summed E-state index contributed by atoms with van der Waals surface area (Å²) in [7, 11) is 0. The molecule has 0 aromatic heterocycles. The van der Waals surface area contributed by atoms with Crippen molar-refractivity contribution in [2.45, 2.75) is 177 Å². The average Bonchev–Trinajstić information content (AvgIpc) is 3.09. The molecule has 1 aliphatic carbocycles. The van der Waals surface area contributed by atoms with Crippen LogP contribution in [0.15, 0.2) is 0 Å². The van der Waals surface area contributed by atoms with Gasteiger partial charge < -0.3 is 31.9 Å². The van der Waals surface area contributed by atoms with Crippen molar-refractivity contribution in [2.75, 3.05) is 26.2 Å². The number of piperidine rings is 6. The summed E-state index contributed by atoms with van der Waals surface area (Å²) in [5, 5.41) is 24.5. The highest BCUT2D eigenvalue weighted by Crippen LogP contribution is 2.47. The first-order valence-corrected chi connectivity index (χ1v) is 19.6. The lowest BCUT2D eigenvalue weighted by molar-refractivity contribution is 0.0394. The molecule has 6 heteroatoms. The quantitative estimate of drug-likeness (QED) is 0.257. The van der Waals surface area contributed by atoms with Crippen LogP contribution < -0.4 is 31.9 Å². The van der Waals surface area contributed by atoms with Crippen molar-refractivity contribution < 1.29 is 0 Å². The van der Waals surface area contributed by atoms with Gasteiger partial charge in [0.1, 0.15) is 0 Å². The summed E-state index contributed by atoms with van der Waals surface area (Å²) < 4.78 is 0. The topological polar surface area (TPSA) is 72.2 Å². The van der Waals surface area contributed by atoms with Crippen LogP contribution in [0.1, 0.15) is 129 Å². The molecular weight excluding hydrogens is 528 g/mol. The van der Waals surface area contributed by atoms with Gasteiger partial charge in [-0.25, -0.2) is 0 Å². The highest BCUT2D eigenvalue weighted by molar-refractivity contribution is 5.03. The number of nitrogens with one attached hydrogen (secondary N) is 6. The number of rotatable bonds is 6. The normalized spacial score (nSPS) is 48.9. The van der Waals surface area contributed by atoms with E-state index in [1.54, 1.807) is 0 Å². The van der Waals surface area contributed by atoms with E-state index in [-0.39, 0.29) is 0 Å². The predicted octanol–water partition coefficient (Wildman–Crippen LogP) is 5.08. The predicted molar refractivity (Wildman–Crippen MR) is 179 cm³/mol. The molecule has 0 amide bonds. The molecule has 0 spiro atoms. The van der Waals surface area contributed by atoms with E-state index in [2.05, 4.69) is 38.8 Å². The lowest BCUT2D eigenvalue weighted by atomic mass is 9.61. The van der Waals surface area contributed by atoms with E-state index in [1.165, 1.54) is 148 Å². The fraction of sp³-hybridized carbons (Fsp3) is 1.00. The van der Waals surface area contributed by atoms with Crippen molar-refractivity contribution in [3.63, 3.8) is 0 Å². The summed E-state index contributed by atoms with van der Waals surface area (Å²) in [6, 6.07) is 5.45. The molecule has 6 nitrogen and oxygen atoms in total. The molecule has 246 valence electrons. The van der Waals surface area contributed by atoms with Crippen molar-refractivity contribution in [3.05, 3.63) is 0 Å². The highest BCUT2D eigenvalue weighted by atomic mass is 15.1. The average molecular weight is 597 g/mol. The molecule has 0 aromatic carbocycles. The monoisotopic (exact) mass is 597 g/mol. The van der Waals surface area contributed by atoms with E-state index in [4.69, 9.17) is 0 Å². The first kappa shape index (κ1) is 31.4. The zero-order chi connectivity index (χ0) is 29.0. The van der Waals surface area contributed by atoms with Crippen LogP contribution >= 0.6 is 0 Å². The Bertz CT molecular complexity index is 711. The van der Waals surface area contributed by atoms with Crippen LogP contribution in [0.4, 0.5) is 0 Å². The Morgan fingerprint density at radius 2 is 0.628 bits per heavy atom. The first-order valence-electron chi connectivity index (χ1n) is 19.6. The molecule has 10 unspecified atom stereocenters. The molecular formula is C37H68N6. The lowest BCUT2D eigenvalue weighted by Crippen LogP contribution is -2.63. The summed E-state index contributed by atoms with van der Waals surface area (Å²) >= 11 is 0. The maximum absolute atomic E-state index is 4.28. The SMILES string of the molecule is CC1CC(C2CC(C3CCCCN3)NC(C3CCCCN3)C2)CC(C2CC(C3CCCCN3)NC(C3CCCCN3)C2)C1. The van der Waals surface area contributed by atoms with Crippen LogP contribution in [0.5, 0.6) is 0 Å². The molecule has 43 heavy (non-hydrogen) atoms. The summed E-state index contributed by atoms with van der Waals surface area (Å²) in [4.78, 5) is 0. The van der Waals surface area contributed by atoms with E-state index in [0.717, 1.165) is 29.6 Å². The largest absolute Gasteiger partial charge is 0.312 e. The van der Waals surface area contributed by atoms with E-state index >= 15 is 0 Å². The molecule has 6 heterocycles. The summed E-state index contributed by atoms with van der Waals surface area (Å²) in [6.07, 6.45) is 26.8. The summed E-state index contributed by atoms with van der Waals surface area (Å²) in [5.74, 6) is 4.56. The van der Waals surface area contributed by atoms with E-state index in [1.807, 2.05) is 0 Å². The van der Waals surface area contributed by atoms with Crippen molar-refractivity contribution >= 4 is 0 Å². The van der Waals surface area contributed by atoms with Gasteiger partial charge in [0.2, 0.25) is 0 Å². The summed E-state index contributed by atoms with van der Waals surface area (Å²) in [6.45, 7) is 7.54. The van der Waals surface area contributed by atoms with Gasteiger partial charge in [-0.1, -0.05) is 32.6 Å². The minimum absolute atomic E-state index is 0.672. The van der Waals surface area contributed by atoms with Crippen LogP contribution in [-0.2, 0) is 0 Å². The molecule has 10 atom stereocenters. The van der Waals surface area contributed by atoms with Gasteiger partial charge in [-0.15, -0.1) is 0 Å². The Balaban J connectivity index is 1.07. The first-order chi connectivity index (χ1) is 21.2. The van der Waals surface area contributed by atoms with Gasteiger partial charge in [-0.05, 0) is 152 Å². The molecule has 0 aromatic rings. The van der Waals surface area contributed by atoms with Crippen LogP contribution in [0.2, 0.25) is 0 Å². The Morgan fingerprint density at radius 1 is 0.326 bits per heavy atom. The minimum Gasteiger partial charge on any atom is -0.312 e. The third-order valence-corrected chi connectivity index (χ3v) is 13.8. The third kappa shape index (κ3) is 7.84. The molecule has 7 rings (SSSR count). The van der Waals surface area contributed by atoms with Crippen LogP contribution in [0.3, 0.4) is 0 Å². The fourth-order valence-electron chi connectivity index (χ4n) is 11.6. The Kier molecular flexibility index (Phi) is 11.0. The second kappa shape index (κ2) is 15.1. The zero-order valence-corrected chi connectivity index (χ0v) is 27.8. The summed E-state index contributed by atoms with van der Waals surface area (Å²) in [5.41, 5.74) is 0. The van der Waals surface area contributed by atoms with Gasteiger partial charge in [-0.3, -0.25) is 0 Å². The standard InChI is InChI=1S/C37H68N6/c1-25-18-26(28-21-34(30-10-2-6-14-38-30)42-35(22-28)31-11-3-7-15-39-31)20-27(19-25)29-23-36(32-12-4-8-16-40-32)43-37(24-29)33-13-5-9-17-41-33/h25-43H,2-24H2,1H3. The van der Waals surface area contributed by atoms with Crippen molar-refractivity contribution in [1.29, 1.82) is 0 Å². The van der Waals surface area contributed by atoms with E-state index in [0.29, 0.717) is 48.3 Å². The van der Waals surface area contributed by atoms with Gasteiger partial charge >= 0.3 is 0 Å². The van der Waals surface area contributed by atoms with Gasteiger partial charge in [0.15, 0.2) is 0 Å². The number of hydrogen-bond acceptors (Lipinski definition) is 6. The highest BCUT2D eigenvalue weighted by Gasteiger charge is 2.45. The molecule has 7 fully saturated rings. The van der Waals surface area contributed by atoms with E-state index in [9.17, 15) is 0 Å². The maximum atomic E-state index is 4.28. The molecule has 6 N–H and O–H groups in total. The second-order valence-corrected chi connectivity index (χ2v) is 16.8. The third-order valence-electron chi connectivity index (χ3n) is 13.8. The second-order valence-electron chi connectivity index (χ2n) is 16.8. The van der Waals surface area contributed by atoms with Crippen LogP contribution in [0.25, 0.3) is 0 Å². The molecule has 0 bridgehead atoms. The van der Waals surface area contributed by atoms with Gasteiger partial charge in [0, 0.05) is 48.3 Å².